The zero-order valence-electron chi connectivity index (χ0n) is 10.1. The summed E-state index contributed by atoms with van der Waals surface area (Å²) in [7, 11) is 0. The van der Waals surface area contributed by atoms with Gasteiger partial charge in [0.05, 0.1) is 0 Å². The quantitative estimate of drug-likeness (QED) is 0.566. The molecule has 2 unspecified atom stereocenters. The first kappa shape index (κ1) is 13.2. The van der Waals surface area contributed by atoms with Crippen LogP contribution in [0.3, 0.4) is 0 Å². The summed E-state index contributed by atoms with van der Waals surface area (Å²) in [5, 5.41) is 0. The third kappa shape index (κ3) is 5.06. The van der Waals surface area contributed by atoms with Gasteiger partial charge < -0.3 is 0 Å². The Hall–Kier alpha value is -0.780. The van der Waals surface area contributed by atoms with Gasteiger partial charge in [-0.2, -0.15) is 0 Å². The van der Waals surface area contributed by atoms with E-state index in [9.17, 15) is 0 Å². The summed E-state index contributed by atoms with van der Waals surface area (Å²) in [6.45, 7) is 12.4. The summed E-state index contributed by atoms with van der Waals surface area (Å²) in [5.74, 6) is 1.40. The average Bonchev–Trinajstić information content (AvgIpc) is 2.22. The van der Waals surface area contributed by atoms with Crippen LogP contribution in [-0.2, 0) is 0 Å². The SMILES string of the molecule is C=C(C)C(C)CC1C=CC=CC1.CC. The molecule has 0 aromatic heterocycles. The summed E-state index contributed by atoms with van der Waals surface area (Å²) in [6, 6.07) is 0. The third-order valence-electron chi connectivity index (χ3n) is 2.57. The van der Waals surface area contributed by atoms with Crippen molar-refractivity contribution in [2.24, 2.45) is 11.8 Å². The van der Waals surface area contributed by atoms with Crippen molar-refractivity contribution in [3.8, 4) is 0 Å². The predicted octanol–water partition coefficient (Wildman–Crippen LogP) is 4.75. The lowest BCUT2D eigenvalue weighted by atomic mass is 9.88. The first-order chi connectivity index (χ1) is 6.70. The van der Waals surface area contributed by atoms with E-state index < -0.39 is 0 Å². The minimum absolute atomic E-state index is 0.658. The highest BCUT2D eigenvalue weighted by Crippen LogP contribution is 2.23. The maximum Gasteiger partial charge on any atom is -0.0190 e. The molecule has 0 heteroatoms. The minimum atomic E-state index is 0.658. The van der Waals surface area contributed by atoms with Crippen LogP contribution in [0.5, 0.6) is 0 Å². The van der Waals surface area contributed by atoms with E-state index in [4.69, 9.17) is 0 Å². The molecule has 0 saturated carbocycles. The Kier molecular flexibility index (Phi) is 7.18. The lowest BCUT2D eigenvalue weighted by molar-refractivity contribution is 0.494. The van der Waals surface area contributed by atoms with E-state index in [1.165, 1.54) is 18.4 Å². The van der Waals surface area contributed by atoms with E-state index >= 15 is 0 Å². The molecule has 14 heavy (non-hydrogen) atoms. The molecule has 0 aliphatic heterocycles. The van der Waals surface area contributed by atoms with Crippen LogP contribution >= 0.6 is 0 Å². The van der Waals surface area contributed by atoms with Crippen molar-refractivity contribution in [3.05, 3.63) is 36.5 Å². The van der Waals surface area contributed by atoms with Crippen molar-refractivity contribution >= 4 is 0 Å². The zero-order chi connectivity index (χ0) is 11.0. The standard InChI is InChI=1S/C12H18.C2H6/c1-10(2)11(3)9-12-7-5-4-6-8-12;1-2/h4-7,11-12H,1,8-9H2,2-3H3;1-2H3. The Morgan fingerprint density at radius 3 is 2.50 bits per heavy atom. The van der Waals surface area contributed by atoms with Gasteiger partial charge in [-0.15, -0.1) is 0 Å². The molecule has 2 atom stereocenters. The van der Waals surface area contributed by atoms with Crippen LogP contribution in [0.4, 0.5) is 0 Å². The van der Waals surface area contributed by atoms with Crippen molar-refractivity contribution in [2.45, 2.75) is 40.5 Å². The van der Waals surface area contributed by atoms with Crippen molar-refractivity contribution < 1.29 is 0 Å². The minimum Gasteiger partial charge on any atom is -0.0999 e. The molecular weight excluding hydrogens is 168 g/mol. The molecule has 0 aromatic rings. The van der Waals surface area contributed by atoms with E-state index in [-0.39, 0.29) is 0 Å². The Morgan fingerprint density at radius 1 is 1.43 bits per heavy atom. The number of rotatable bonds is 3. The fourth-order valence-electron chi connectivity index (χ4n) is 1.46. The van der Waals surface area contributed by atoms with Crippen molar-refractivity contribution in [1.82, 2.24) is 0 Å². The van der Waals surface area contributed by atoms with Crippen LogP contribution in [-0.4, -0.2) is 0 Å². The van der Waals surface area contributed by atoms with E-state index in [0.29, 0.717) is 5.92 Å². The molecule has 0 N–H and O–H groups in total. The number of allylic oxidation sites excluding steroid dienone is 5. The van der Waals surface area contributed by atoms with E-state index in [1.54, 1.807) is 0 Å². The first-order valence-electron chi connectivity index (χ1n) is 5.69. The van der Waals surface area contributed by atoms with Gasteiger partial charge in [0, 0.05) is 0 Å². The fraction of sp³-hybridized carbons (Fsp3) is 0.571. The maximum absolute atomic E-state index is 3.98. The van der Waals surface area contributed by atoms with Crippen LogP contribution < -0.4 is 0 Å². The largest absolute Gasteiger partial charge is 0.0999 e. The van der Waals surface area contributed by atoms with Crippen molar-refractivity contribution in [1.29, 1.82) is 0 Å². The first-order valence-corrected chi connectivity index (χ1v) is 5.69. The Morgan fingerprint density at radius 2 is 2.07 bits per heavy atom. The lowest BCUT2D eigenvalue weighted by Crippen LogP contribution is -2.05. The molecule has 0 amide bonds. The second-order valence-electron chi connectivity index (χ2n) is 3.79. The van der Waals surface area contributed by atoms with Gasteiger partial charge in [-0.1, -0.05) is 57.2 Å². The fourth-order valence-corrected chi connectivity index (χ4v) is 1.46. The highest BCUT2D eigenvalue weighted by Gasteiger charge is 2.10. The average molecular weight is 192 g/mol. The molecule has 80 valence electrons. The van der Waals surface area contributed by atoms with Gasteiger partial charge in [0.2, 0.25) is 0 Å². The number of hydrogen-bond acceptors (Lipinski definition) is 0. The molecule has 1 rings (SSSR count). The molecule has 1 aliphatic rings. The number of hydrogen-bond donors (Lipinski definition) is 0. The topological polar surface area (TPSA) is 0 Å². The van der Waals surface area contributed by atoms with Crippen LogP contribution in [0, 0.1) is 11.8 Å². The normalized spacial score (nSPS) is 21.0. The second-order valence-corrected chi connectivity index (χ2v) is 3.79. The third-order valence-corrected chi connectivity index (χ3v) is 2.57. The van der Waals surface area contributed by atoms with Crippen molar-refractivity contribution in [2.75, 3.05) is 0 Å². The Labute approximate surface area is 89.4 Å². The molecule has 0 radical (unpaired) electrons. The second kappa shape index (κ2) is 7.61. The van der Waals surface area contributed by atoms with Crippen molar-refractivity contribution in [3.63, 3.8) is 0 Å². The molecule has 0 saturated heterocycles. The summed E-state index contributed by atoms with van der Waals surface area (Å²) in [4.78, 5) is 0. The predicted molar refractivity (Wildman–Crippen MR) is 66.3 cm³/mol. The zero-order valence-corrected chi connectivity index (χ0v) is 10.1. The van der Waals surface area contributed by atoms with Crippen LogP contribution in [0.15, 0.2) is 36.5 Å². The highest BCUT2D eigenvalue weighted by molar-refractivity contribution is 5.11. The molecule has 0 fully saturated rings. The smallest absolute Gasteiger partial charge is 0.0190 e. The van der Waals surface area contributed by atoms with Crippen LogP contribution in [0.1, 0.15) is 40.5 Å². The molecule has 0 aromatic carbocycles. The van der Waals surface area contributed by atoms with Gasteiger partial charge in [0.15, 0.2) is 0 Å². The monoisotopic (exact) mass is 192 g/mol. The molecule has 0 heterocycles. The molecular formula is C14H24. The van der Waals surface area contributed by atoms with Gasteiger partial charge in [-0.05, 0) is 31.6 Å². The van der Waals surface area contributed by atoms with Gasteiger partial charge in [0.25, 0.3) is 0 Å². The molecule has 1 aliphatic carbocycles. The highest BCUT2D eigenvalue weighted by atomic mass is 14.2. The maximum atomic E-state index is 3.98. The van der Waals surface area contributed by atoms with E-state index in [0.717, 1.165) is 5.92 Å². The Balaban J connectivity index is 0.000000791. The van der Waals surface area contributed by atoms with Gasteiger partial charge in [-0.25, -0.2) is 0 Å². The van der Waals surface area contributed by atoms with E-state index in [1.807, 2.05) is 13.8 Å². The van der Waals surface area contributed by atoms with Crippen LogP contribution in [0.2, 0.25) is 0 Å². The molecule has 0 spiro atoms. The molecule has 0 nitrogen and oxygen atoms in total. The van der Waals surface area contributed by atoms with Gasteiger partial charge >= 0.3 is 0 Å². The summed E-state index contributed by atoms with van der Waals surface area (Å²) in [6.07, 6.45) is 11.3. The van der Waals surface area contributed by atoms with Gasteiger partial charge in [0.1, 0.15) is 0 Å². The lowest BCUT2D eigenvalue weighted by Gasteiger charge is -2.18. The molecule has 0 bridgehead atoms. The summed E-state index contributed by atoms with van der Waals surface area (Å²) < 4.78 is 0. The summed E-state index contributed by atoms with van der Waals surface area (Å²) in [5.41, 5.74) is 1.30. The van der Waals surface area contributed by atoms with Crippen LogP contribution in [0.25, 0.3) is 0 Å². The van der Waals surface area contributed by atoms with E-state index in [2.05, 4.69) is 44.7 Å². The van der Waals surface area contributed by atoms with Gasteiger partial charge in [-0.3, -0.25) is 0 Å². The summed E-state index contributed by atoms with van der Waals surface area (Å²) >= 11 is 0. The Bertz CT molecular complexity index is 208.